The highest BCUT2D eigenvalue weighted by Crippen LogP contribution is 2.24. The van der Waals surface area contributed by atoms with Crippen LogP contribution >= 0.6 is 0 Å². The first-order valence-electron chi connectivity index (χ1n) is 7.69. The Balaban J connectivity index is 2.41. The van der Waals surface area contributed by atoms with E-state index in [4.69, 9.17) is 4.52 Å². The largest absolute Gasteiger partial charge is 0.360 e. The van der Waals surface area contributed by atoms with Crippen LogP contribution in [-0.2, 0) is 20.0 Å². The standard InChI is InChI=1S/C15H21N3O5S2/c1-5-18(6-2)25(21,22)14-9-7-8-13(10-14)17-24(19,20)15-11(3)16-23-12(15)4/h7-10,17H,5-6H2,1-4H3. The van der Waals surface area contributed by atoms with Gasteiger partial charge in [0.25, 0.3) is 10.0 Å². The molecule has 2 rings (SSSR count). The number of aromatic nitrogens is 1. The van der Waals surface area contributed by atoms with E-state index in [1.807, 2.05) is 0 Å². The molecule has 0 aliphatic rings. The number of benzene rings is 1. The van der Waals surface area contributed by atoms with Gasteiger partial charge in [-0.25, -0.2) is 16.8 Å². The Labute approximate surface area is 147 Å². The van der Waals surface area contributed by atoms with Crippen LogP contribution in [0.5, 0.6) is 0 Å². The predicted octanol–water partition coefficient (Wildman–Crippen LogP) is 2.12. The van der Waals surface area contributed by atoms with Crippen LogP contribution < -0.4 is 4.72 Å². The van der Waals surface area contributed by atoms with Gasteiger partial charge in [0.1, 0.15) is 5.69 Å². The monoisotopic (exact) mass is 387 g/mol. The first-order chi connectivity index (χ1) is 11.6. The van der Waals surface area contributed by atoms with Gasteiger partial charge < -0.3 is 4.52 Å². The molecule has 25 heavy (non-hydrogen) atoms. The number of hydrogen-bond acceptors (Lipinski definition) is 6. The molecule has 0 radical (unpaired) electrons. The number of anilines is 1. The van der Waals surface area contributed by atoms with Crippen molar-refractivity contribution in [2.24, 2.45) is 0 Å². The van der Waals surface area contributed by atoms with Gasteiger partial charge in [-0.05, 0) is 32.0 Å². The Morgan fingerprint density at radius 3 is 2.28 bits per heavy atom. The topological polar surface area (TPSA) is 110 Å². The van der Waals surface area contributed by atoms with Crippen molar-refractivity contribution < 1.29 is 21.4 Å². The summed E-state index contributed by atoms with van der Waals surface area (Å²) in [6.07, 6.45) is 0. The van der Waals surface area contributed by atoms with Crippen molar-refractivity contribution in [3.05, 3.63) is 35.7 Å². The second-order valence-corrected chi connectivity index (χ2v) is 8.93. The van der Waals surface area contributed by atoms with Gasteiger partial charge in [-0.2, -0.15) is 4.31 Å². The third-order valence-electron chi connectivity index (χ3n) is 3.67. The summed E-state index contributed by atoms with van der Waals surface area (Å²) in [5.74, 6) is 0.164. The molecule has 0 aliphatic carbocycles. The minimum absolute atomic E-state index is 0.0233. The maximum absolute atomic E-state index is 12.6. The van der Waals surface area contributed by atoms with Crippen LogP contribution in [0.15, 0.2) is 38.6 Å². The van der Waals surface area contributed by atoms with E-state index >= 15 is 0 Å². The molecule has 8 nitrogen and oxygen atoms in total. The molecule has 0 saturated carbocycles. The number of aryl methyl sites for hydroxylation is 2. The molecule has 0 atom stereocenters. The zero-order valence-electron chi connectivity index (χ0n) is 14.5. The average Bonchev–Trinajstić information content (AvgIpc) is 2.87. The van der Waals surface area contributed by atoms with Crippen molar-refractivity contribution in [3.8, 4) is 0 Å². The van der Waals surface area contributed by atoms with Crippen molar-refractivity contribution in [2.45, 2.75) is 37.5 Å². The van der Waals surface area contributed by atoms with Gasteiger partial charge >= 0.3 is 0 Å². The van der Waals surface area contributed by atoms with Crippen LogP contribution in [0, 0.1) is 13.8 Å². The minimum atomic E-state index is -3.94. The highest BCUT2D eigenvalue weighted by atomic mass is 32.2. The Bertz CT molecular complexity index is 941. The van der Waals surface area contributed by atoms with Crippen molar-refractivity contribution in [2.75, 3.05) is 17.8 Å². The molecule has 0 spiro atoms. The molecular formula is C15H21N3O5S2. The lowest BCUT2D eigenvalue weighted by Gasteiger charge is -2.19. The second-order valence-electron chi connectivity index (χ2n) is 5.38. The van der Waals surface area contributed by atoms with E-state index in [-0.39, 0.29) is 26.9 Å². The summed E-state index contributed by atoms with van der Waals surface area (Å²) in [7, 11) is -7.62. The van der Waals surface area contributed by atoms with Crippen molar-refractivity contribution in [3.63, 3.8) is 0 Å². The SMILES string of the molecule is CCN(CC)S(=O)(=O)c1cccc(NS(=O)(=O)c2c(C)noc2C)c1. The van der Waals surface area contributed by atoms with E-state index < -0.39 is 20.0 Å². The van der Waals surface area contributed by atoms with Crippen molar-refractivity contribution in [1.29, 1.82) is 0 Å². The highest BCUT2D eigenvalue weighted by Gasteiger charge is 2.26. The molecule has 1 aromatic heterocycles. The Morgan fingerprint density at radius 2 is 1.76 bits per heavy atom. The van der Waals surface area contributed by atoms with Gasteiger partial charge in [0.2, 0.25) is 10.0 Å². The molecule has 0 saturated heterocycles. The van der Waals surface area contributed by atoms with Gasteiger partial charge in [0.15, 0.2) is 10.7 Å². The van der Waals surface area contributed by atoms with Gasteiger partial charge in [0, 0.05) is 13.1 Å². The van der Waals surface area contributed by atoms with E-state index in [9.17, 15) is 16.8 Å². The van der Waals surface area contributed by atoms with E-state index in [1.54, 1.807) is 13.8 Å². The number of nitrogens with one attached hydrogen (secondary N) is 1. The Morgan fingerprint density at radius 1 is 1.12 bits per heavy atom. The van der Waals surface area contributed by atoms with Gasteiger partial charge in [-0.15, -0.1) is 0 Å². The lowest BCUT2D eigenvalue weighted by molar-refractivity contribution is 0.390. The van der Waals surface area contributed by atoms with E-state index in [2.05, 4.69) is 9.88 Å². The zero-order chi connectivity index (χ0) is 18.8. The van der Waals surface area contributed by atoms with E-state index in [0.29, 0.717) is 13.1 Å². The summed E-state index contributed by atoms with van der Waals surface area (Å²) in [4.78, 5) is -0.0281. The van der Waals surface area contributed by atoms with Crippen LogP contribution in [0.4, 0.5) is 5.69 Å². The van der Waals surface area contributed by atoms with Gasteiger partial charge in [-0.3, -0.25) is 4.72 Å². The van der Waals surface area contributed by atoms with E-state index in [0.717, 1.165) is 0 Å². The molecule has 138 valence electrons. The molecule has 0 aliphatic heterocycles. The number of nitrogens with zero attached hydrogens (tertiary/aromatic N) is 2. The summed E-state index contributed by atoms with van der Waals surface area (Å²) in [5.41, 5.74) is 0.380. The third kappa shape index (κ3) is 3.86. The molecule has 1 N–H and O–H groups in total. The summed E-state index contributed by atoms with van der Waals surface area (Å²) in [6.45, 7) is 7.15. The summed E-state index contributed by atoms with van der Waals surface area (Å²) < 4.78 is 58.8. The van der Waals surface area contributed by atoms with Crippen LogP contribution in [0.3, 0.4) is 0 Å². The second kappa shape index (κ2) is 7.14. The maximum atomic E-state index is 12.6. The molecule has 0 bridgehead atoms. The number of rotatable bonds is 7. The zero-order valence-corrected chi connectivity index (χ0v) is 16.1. The molecule has 1 heterocycles. The van der Waals surface area contributed by atoms with Crippen LogP contribution in [-0.4, -0.2) is 39.4 Å². The van der Waals surface area contributed by atoms with Crippen molar-refractivity contribution >= 4 is 25.7 Å². The Kier molecular flexibility index (Phi) is 5.55. The Hall–Kier alpha value is -1.91. The average molecular weight is 387 g/mol. The first-order valence-corrected chi connectivity index (χ1v) is 10.6. The van der Waals surface area contributed by atoms with Gasteiger partial charge in [0.05, 0.1) is 10.6 Å². The lowest BCUT2D eigenvalue weighted by atomic mass is 10.3. The van der Waals surface area contributed by atoms with Gasteiger partial charge in [-0.1, -0.05) is 25.1 Å². The normalized spacial score (nSPS) is 12.5. The smallest absolute Gasteiger partial charge is 0.267 e. The van der Waals surface area contributed by atoms with Crippen LogP contribution in [0.1, 0.15) is 25.3 Å². The number of sulfonamides is 2. The maximum Gasteiger partial charge on any atom is 0.267 e. The highest BCUT2D eigenvalue weighted by molar-refractivity contribution is 7.92. The molecule has 0 unspecified atom stereocenters. The fourth-order valence-corrected chi connectivity index (χ4v) is 5.38. The molecule has 2 aromatic rings. The van der Waals surface area contributed by atoms with Crippen molar-refractivity contribution in [1.82, 2.24) is 9.46 Å². The summed E-state index contributed by atoms with van der Waals surface area (Å²) in [5, 5.41) is 3.63. The fraction of sp³-hybridized carbons (Fsp3) is 0.400. The molecular weight excluding hydrogens is 366 g/mol. The summed E-state index contributed by atoms with van der Waals surface area (Å²) >= 11 is 0. The van der Waals surface area contributed by atoms with E-state index in [1.165, 1.54) is 42.4 Å². The molecule has 0 amide bonds. The minimum Gasteiger partial charge on any atom is -0.360 e. The number of hydrogen-bond donors (Lipinski definition) is 1. The van der Waals surface area contributed by atoms with Crippen LogP contribution in [0.2, 0.25) is 0 Å². The predicted molar refractivity (Wildman–Crippen MR) is 93.3 cm³/mol. The third-order valence-corrected chi connectivity index (χ3v) is 7.34. The fourth-order valence-electron chi connectivity index (χ4n) is 2.50. The summed E-state index contributed by atoms with van der Waals surface area (Å²) in [6, 6.07) is 5.70. The quantitative estimate of drug-likeness (QED) is 0.779. The molecule has 0 fully saturated rings. The van der Waals surface area contributed by atoms with Crippen LogP contribution in [0.25, 0.3) is 0 Å². The molecule has 10 heteroatoms. The first kappa shape index (κ1) is 19.4. The lowest BCUT2D eigenvalue weighted by Crippen LogP contribution is -2.30. The molecule has 1 aromatic carbocycles.